The summed E-state index contributed by atoms with van der Waals surface area (Å²) in [6, 6.07) is 4.05. The summed E-state index contributed by atoms with van der Waals surface area (Å²) in [5.74, 6) is 1.23. The third-order valence-electron chi connectivity index (χ3n) is 5.57. The van der Waals surface area contributed by atoms with E-state index in [2.05, 4.69) is 15.1 Å². The van der Waals surface area contributed by atoms with Crippen LogP contribution < -0.4 is 4.90 Å². The van der Waals surface area contributed by atoms with E-state index < -0.39 is 10.0 Å². The molecule has 0 atom stereocenters. The first-order valence-corrected chi connectivity index (χ1v) is 10.6. The van der Waals surface area contributed by atoms with Gasteiger partial charge in [0.15, 0.2) is 5.82 Å². The number of rotatable bonds is 4. The molecule has 3 heterocycles. The van der Waals surface area contributed by atoms with Crippen molar-refractivity contribution < 1.29 is 8.42 Å². The van der Waals surface area contributed by atoms with Crippen molar-refractivity contribution in [3.05, 3.63) is 17.8 Å². The number of aromatic nitrogens is 2. The molecule has 3 rings (SSSR count). The van der Waals surface area contributed by atoms with Crippen molar-refractivity contribution in [3.8, 4) is 0 Å². The first-order chi connectivity index (χ1) is 11.4. The standard InChI is InChI=1S/C17H28N4O2S/c1-3-14-24(22,23)21-12-8-17(9-13-21)6-10-20(11-7-17)16-5-4-15(2)18-19-16/h4-5H,3,6-14H2,1-2H3. The smallest absolute Gasteiger partial charge is 0.214 e. The predicted molar refractivity (Wildman–Crippen MR) is 95.5 cm³/mol. The third-order valence-corrected chi connectivity index (χ3v) is 7.65. The SMILES string of the molecule is CCCS(=O)(=O)N1CCC2(CCN(c3ccc(C)nn3)CC2)CC1. The Morgan fingerprint density at radius 2 is 1.67 bits per heavy atom. The number of nitrogens with zero attached hydrogens (tertiary/aromatic N) is 4. The minimum Gasteiger partial charge on any atom is -0.355 e. The van der Waals surface area contributed by atoms with Gasteiger partial charge >= 0.3 is 0 Å². The summed E-state index contributed by atoms with van der Waals surface area (Å²) < 4.78 is 26.2. The fourth-order valence-corrected chi connectivity index (χ4v) is 5.41. The van der Waals surface area contributed by atoms with E-state index in [4.69, 9.17) is 0 Å². The quantitative estimate of drug-likeness (QED) is 0.831. The van der Waals surface area contributed by atoms with Crippen LogP contribution in [0.4, 0.5) is 5.82 Å². The molecule has 0 saturated carbocycles. The molecule has 1 aromatic rings. The fourth-order valence-electron chi connectivity index (χ4n) is 3.90. The van der Waals surface area contributed by atoms with Gasteiger partial charge in [-0.05, 0) is 56.6 Å². The van der Waals surface area contributed by atoms with Crippen LogP contribution in [-0.4, -0.2) is 54.9 Å². The fraction of sp³-hybridized carbons (Fsp3) is 0.765. The maximum Gasteiger partial charge on any atom is 0.214 e. The zero-order chi connectivity index (χ0) is 17.2. The molecule has 0 radical (unpaired) electrons. The second kappa shape index (κ2) is 6.96. The van der Waals surface area contributed by atoms with Crippen molar-refractivity contribution in [1.29, 1.82) is 0 Å². The Morgan fingerprint density at radius 1 is 1.04 bits per heavy atom. The summed E-state index contributed by atoms with van der Waals surface area (Å²) in [6.45, 7) is 7.22. The Morgan fingerprint density at radius 3 is 2.21 bits per heavy atom. The second-order valence-corrected chi connectivity index (χ2v) is 9.32. The topological polar surface area (TPSA) is 66.4 Å². The molecule has 6 nitrogen and oxygen atoms in total. The highest BCUT2D eigenvalue weighted by atomic mass is 32.2. The average Bonchev–Trinajstić information content (AvgIpc) is 2.57. The van der Waals surface area contributed by atoms with Crippen molar-refractivity contribution in [1.82, 2.24) is 14.5 Å². The van der Waals surface area contributed by atoms with Crippen molar-refractivity contribution >= 4 is 15.8 Å². The highest BCUT2D eigenvalue weighted by molar-refractivity contribution is 7.89. The lowest BCUT2D eigenvalue weighted by atomic mass is 9.71. The molecule has 0 aromatic carbocycles. The minimum atomic E-state index is -3.04. The van der Waals surface area contributed by atoms with Crippen molar-refractivity contribution in [2.24, 2.45) is 5.41 Å². The summed E-state index contributed by atoms with van der Waals surface area (Å²) >= 11 is 0. The number of hydrogen-bond acceptors (Lipinski definition) is 5. The molecule has 1 aromatic heterocycles. The van der Waals surface area contributed by atoms with Crippen LogP contribution in [0.1, 0.15) is 44.7 Å². The molecule has 0 unspecified atom stereocenters. The molecule has 0 amide bonds. The summed E-state index contributed by atoms with van der Waals surface area (Å²) in [6.07, 6.45) is 4.90. The molecule has 2 aliphatic rings. The lowest BCUT2D eigenvalue weighted by molar-refractivity contribution is 0.119. The van der Waals surface area contributed by atoms with Gasteiger partial charge in [0, 0.05) is 26.2 Å². The van der Waals surface area contributed by atoms with Crippen LogP contribution in [0.5, 0.6) is 0 Å². The molecule has 7 heteroatoms. The molecule has 2 saturated heterocycles. The molecule has 0 bridgehead atoms. The van der Waals surface area contributed by atoms with E-state index in [0.717, 1.165) is 50.3 Å². The van der Waals surface area contributed by atoms with Gasteiger partial charge in [-0.1, -0.05) is 6.92 Å². The zero-order valence-electron chi connectivity index (χ0n) is 14.7. The minimum absolute atomic E-state index is 0.278. The van der Waals surface area contributed by atoms with Gasteiger partial charge in [-0.15, -0.1) is 5.10 Å². The molecule has 2 fully saturated rings. The highest BCUT2D eigenvalue weighted by Crippen LogP contribution is 2.42. The van der Waals surface area contributed by atoms with Crippen LogP contribution in [0.15, 0.2) is 12.1 Å². The Balaban J connectivity index is 1.56. The van der Waals surface area contributed by atoms with E-state index in [9.17, 15) is 8.42 Å². The van der Waals surface area contributed by atoms with Gasteiger partial charge in [0.05, 0.1) is 11.4 Å². The van der Waals surface area contributed by atoms with Crippen LogP contribution in [0.3, 0.4) is 0 Å². The maximum absolute atomic E-state index is 12.2. The van der Waals surface area contributed by atoms with E-state index in [1.54, 1.807) is 4.31 Å². The Bertz CT molecular complexity index is 642. The van der Waals surface area contributed by atoms with Gasteiger partial charge in [0.1, 0.15) is 0 Å². The van der Waals surface area contributed by atoms with Gasteiger partial charge in [0.25, 0.3) is 0 Å². The first kappa shape index (κ1) is 17.6. The third kappa shape index (κ3) is 3.72. The number of aryl methyl sites for hydroxylation is 1. The monoisotopic (exact) mass is 352 g/mol. The number of piperidine rings is 2. The average molecular weight is 353 g/mol. The van der Waals surface area contributed by atoms with Gasteiger partial charge in [-0.3, -0.25) is 0 Å². The summed E-state index contributed by atoms with van der Waals surface area (Å²) in [5, 5.41) is 8.44. The van der Waals surface area contributed by atoms with Crippen molar-refractivity contribution in [2.45, 2.75) is 46.0 Å². The number of anilines is 1. The maximum atomic E-state index is 12.2. The lowest BCUT2D eigenvalue weighted by Crippen LogP contribution is -2.48. The normalized spacial score (nSPS) is 22.0. The molecule has 1 spiro atoms. The van der Waals surface area contributed by atoms with E-state index in [1.807, 2.05) is 26.0 Å². The largest absolute Gasteiger partial charge is 0.355 e. The second-order valence-electron chi connectivity index (χ2n) is 7.24. The van der Waals surface area contributed by atoms with Crippen molar-refractivity contribution in [3.63, 3.8) is 0 Å². The Hall–Kier alpha value is -1.21. The summed E-state index contributed by atoms with van der Waals surface area (Å²) in [4.78, 5) is 2.30. The van der Waals surface area contributed by atoms with Crippen LogP contribution >= 0.6 is 0 Å². The molecular formula is C17H28N4O2S. The Labute approximate surface area is 145 Å². The zero-order valence-corrected chi connectivity index (χ0v) is 15.6. The van der Waals surface area contributed by atoms with Gasteiger partial charge < -0.3 is 4.90 Å². The van der Waals surface area contributed by atoms with Crippen molar-refractivity contribution in [2.75, 3.05) is 36.8 Å². The van der Waals surface area contributed by atoms with Crippen LogP contribution in [0, 0.1) is 12.3 Å². The number of sulfonamides is 1. The molecule has 0 N–H and O–H groups in total. The molecular weight excluding hydrogens is 324 g/mol. The summed E-state index contributed by atoms with van der Waals surface area (Å²) in [5.41, 5.74) is 1.25. The van der Waals surface area contributed by atoms with E-state index in [1.165, 1.54) is 0 Å². The molecule has 134 valence electrons. The van der Waals surface area contributed by atoms with E-state index in [-0.39, 0.29) is 5.75 Å². The molecule has 24 heavy (non-hydrogen) atoms. The number of hydrogen-bond donors (Lipinski definition) is 0. The van der Waals surface area contributed by atoms with Gasteiger partial charge in [-0.25, -0.2) is 12.7 Å². The van der Waals surface area contributed by atoms with E-state index >= 15 is 0 Å². The summed E-state index contributed by atoms with van der Waals surface area (Å²) in [7, 11) is -3.04. The predicted octanol–water partition coefficient (Wildman–Crippen LogP) is 2.21. The molecule has 0 aliphatic carbocycles. The van der Waals surface area contributed by atoms with Crippen LogP contribution in [0.25, 0.3) is 0 Å². The molecule has 2 aliphatic heterocycles. The Kier molecular flexibility index (Phi) is 5.11. The van der Waals surface area contributed by atoms with Gasteiger partial charge in [0.2, 0.25) is 10.0 Å². The van der Waals surface area contributed by atoms with E-state index in [0.29, 0.717) is 24.9 Å². The van der Waals surface area contributed by atoms with Gasteiger partial charge in [-0.2, -0.15) is 5.10 Å². The van der Waals surface area contributed by atoms with Crippen LogP contribution in [-0.2, 0) is 10.0 Å². The van der Waals surface area contributed by atoms with Crippen LogP contribution in [0.2, 0.25) is 0 Å². The first-order valence-electron chi connectivity index (χ1n) is 8.97. The lowest BCUT2D eigenvalue weighted by Gasteiger charge is -2.46. The highest BCUT2D eigenvalue weighted by Gasteiger charge is 2.40.